The highest BCUT2D eigenvalue weighted by molar-refractivity contribution is 6.40. The average Bonchev–Trinajstić information content (AvgIpc) is 1.99. The van der Waals surface area contributed by atoms with Crippen LogP contribution in [-0.2, 0) is 9.53 Å². The topological polar surface area (TPSA) is 55.7 Å². The second-order valence-electron chi connectivity index (χ2n) is 3.95. The van der Waals surface area contributed by atoms with E-state index in [1.807, 2.05) is 0 Å². The van der Waals surface area contributed by atoms with E-state index >= 15 is 0 Å². The SMILES string of the molecule is CCC(=O)C(C)=NC(=O)OC(C)(C)C. The van der Waals surface area contributed by atoms with E-state index < -0.39 is 11.7 Å². The van der Waals surface area contributed by atoms with Gasteiger partial charge in [0.05, 0.1) is 5.71 Å². The highest BCUT2D eigenvalue weighted by Crippen LogP contribution is 2.08. The van der Waals surface area contributed by atoms with Crippen molar-refractivity contribution in [2.24, 2.45) is 4.99 Å². The number of Topliss-reactive ketones (excluding diaryl/α,β-unsaturated/α-hetero) is 1. The number of amides is 1. The zero-order valence-electron chi connectivity index (χ0n) is 9.38. The molecule has 4 nitrogen and oxygen atoms in total. The summed E-state index contributed by atoms with van der Waals surface area (Å²) in [5, 5.41) is 0. The van der Waals surface area contributed by atoms with E-state index in [9.17, 15) is 9.59 Å². The molecule has 0 fully saturated rings. The maximum atomic E-state index is 11.1. The maximum Gasteiger partial charge on any atom is 0.434 e. The first-order valence-corrected chi connectivity index (χ1v) is 4.57. The van der Waals surface area contributed by atoms with Crippen molar-refractivity contribution >= 4 is 17.6 Å². The van der Waals surface area contributed by atoms with Gasteiger partial charge >= 0.3 is 6.09 Å². The van der Waals surface area contributed by atoms with Crippen LogP contribution in [0.5, 0.6) is 0 Å². The lowest BCUT2D eigenvalue weighted by molar-refractivity contribution is -0.112. The second-order valence-corrected chi connectivity index (χ2v) is 3.95. The number of aliphatic imine (C=N–C) groups is 1. The van der Waals surface area contributed by atoms with E-state index in [1.165, 1.54) is 6.92 Å². The molecule has 0 unspecified atom stereocenters. The third-order valence-corrected chi connectivity index (χ3v) is 1.38. The summed E-state index contributed by atoms with van der Waals surface area (Å²) >= 11 is 0. The molecule has 0 aliphatic heterocycles. The molecular formula is C10H17NO3. The van der Waals surface area contributed by atoms with Crippen LogP contribution in [-0.4, -0.2) is 23.2 Å². The number of carbonyl (C=O) groups is 2. The average molecular weight is 199 g/mol. The van der Waals surface area contributed by atoms with Gasteiger partial charge in [-0.2, -0.15) is 4.99 Å². The molecule has 0 saturated carbocycles. The Labute approximate surface area is 84.4 Å². The fourth-order valence-electron chi connectivity index (χ4n) is 0.740. The third kappa shape index (κ3) is 5.45. The van der Waals surface area contributed by atoms with Gasteiger partial charge in [-0.25, -0.2) is 4.79 Å². The molecule has 0 N–H and O–H groups in total. The minimum Gasteiger partial charge on any atom is -0.442 e. The van der Waals surface area contributed by atoms with Crippen LogP contribution in [0.15, 0.2) is 4.99 Å². The summed E-state index contributed by atoms with van der Waals surface area (Å²) in [5.74, 6) is -0.143. The molecule has 0 rings (SSSR count). The van der Waals surface area contributed by atoms with Gasteiger partial charge in [0, 0.05) is 6.42 Å². The summed E-state index contributed by atoms with van der Waals surface area (Å²) in [6, 6.07) is 0. The van der Waals surface area contributed by atoms with Crippen molar-refractivity contribution < 1.29 is 14.3 Å². The lowest BCUT2D eigenvalue weighted by Gasteiger charge is -2.17. The van der Waals surface area contributed by atoms with Gasteiger partial charge in [0.1, 0.15) is 5.60 Å². The van der Waals surface area contributed by atoms with Gasteiger partial charge in [0.2, 0.25) is 0 Å². The number of hydrogen-bond acceptors (Lipinski definition) is 3. The van der Waals surface area contributed by atoms with Gasteiger partial charge < -0.3 is 4.74 Å². The van der Waals surface area contributed by atoms with Crippen LogP contribution in [0.1, 0.15) is 41.0 Å². The molecule has 0 aliphatic carbocycles. The Morgan fingerprint density at radius 2 is 1.79 bits per heavy atom. The van der Waals surface area contributed by atoms with Gasteiger partial charge in [-0.3, -0.25) is 4.79 Å². The first-order valence-electron chi connectivity index (χ1n) is 4.57. The minimum absolute atomic E-state index is 0.143. The molecule has 0 aromatic rings. The predicted molar refractivity (Wildman–Crippen MR) is 54.6 cm³/mol. The van der Waals surface area contributed by atoms with Crippen molar-refractivity contribution in [3.8, 4) is 0 Å². The zero-order chi connectivity index (χ0) is 11.4. The van der Waals surface area contributed by atoms with Gasteiger partial charge in [-0.15, -0.1) is 0 Å². The Hall–Kier alpha value is -1.19. The third-order valence-electron chi connectivity index (χ3n) is 1.38. The van der Waals surface area contributed by atoms with Crippen molar-refractivity contribution in [2.45, 2.75) is 46.6 Å². The van der Waals surface area contributed by atoms with Crippen LogP contribution in [0.3, 0.4) is 0 Å². The van der Waals surface area contributed by atoms with Crippen molar-refractivity contribution in [3.05, 3.63) is 0 Å². The number of ketones is 1. The molecule has 0 aromatic heterocycles. The van der Waals surface area contributed by atoms with E-state index in [-0.39, 0.29) is 11.5 Å². The number of hydrogen-bond donors (Lipinski definition) is 0. The summed E-state index contributed by atoms with van der Waals surface area (Å²) in [5.41, 5.74) is -0.377. The monoisotopic (exact) mass is 199 g/mol. The number of ether oxygens (including phenoxy) is 1. The van der Waals surface area contributed by atoms with Gasteiger partial charge in [0.15, 0.2) is 5.78 Å². The highest BCUT2D eigenvalue weighted by Gasteiger charge is 2.16. The maximum absolute atomic E-state index is 11.1. The second kappa shape index (κ2) is 4.88. The molecule has 0 spiro atoms. The van der Waals surface area contributed by atoms with E-state index in [4.69, 9.17) is 4.74 Å². The molecule has 4 heteroatoms. The van der Waals surface area contributed by atoms with Gasteiger partial charge in [-0.1, -0.05) is 6.92 Å². The van der Waals surface area contributed by atoms with Crippen molar-refractivity contribution in [1.29, 1.82) is 0 Å². The smallest absolute Gasteiger partial charge is 0.434 e. The molecule has 0 aromatic carbocycles. The summed E-state index contributed by atoms with van der Waals surface area (Å²) in [6.45, 7) is 8.47. The predicted octanol–water partition coefficient (Wildman–Crippen LogP) is 2.36. The van der Waals surface area contributed by atoms with Crippen LogP contribution in [0.25, 0.3) is 0 Å². The molecule has 0 aliphatic rings. The largest absolute Gasteiger partial charge is 0.442 e. The quantitative estimate of drug-likeness (QED) is 0.641. The summed E-state index contributed by atoms with van der Waals surface area (Å²) < 4.78 is 4.92. The van der Waals surface area contributed by atoms with Crippen LogP contribution >= 0.6 is 0 Å². The zero-order valence-corrected chi connectivity index (χ0v) is 9.38. The van der Waals surface area contributed by atoms with Crippen molar-refractivity contribution in [3.63, 3.8) is 0 Å². The molecule has 1 amide bonds. The van der Waals surface area contributed by atoms with E-state index in [0.29, 0.717) is 6.42 Å². The molecule has 14 heavy (non-hydrogen) atoms. The summed E-state index contributed by atoms with van der Waals surface area (Å²) in [7, 11) is 0. The van der Waals surface area contributed by atoms with Crippen LogP contribution in [0.4, 0.5) is 4.79 Å². The number of rotatable bonds is 2. The Morgan fingerprint density at radius 1 is 1.29 bits per heavy atom. The molecule has 0 bridgehead atoms. The normalized spacial score (nSPS) is 12.5. The van der Waals surface area contributed by atoms with E-state index in [1.54, 1.807) is 27.7 Å². The Bertz CT molecular complexity index is 261. The standard InChI is InChI=1S/C10H17NO3/c1-6-8(12)7(2)11-9(13)14-10(3,4)5/h6H2,1-5H3. The Balaban J connectivity index is 4.37. The molecule has 0 saturated heterocycles. The minimum atomic E-state index is -0.711. The molecular weight excluding hydrogens is 182 g/mol. The molecule has 0 radical (unpaired) electrons. The highest BCUT2D eigenvalue weighted by atomic mass is 16.6. The van der Waals surface area contributed by atoms with E-state index in [0.717, 1.165) is 0 Å². The molecule has 80 valence electrons. The van der Waals surface area contributed by atoms with Crippen LogP contribution < -0.4 is 0 Å². The number of carbonyl (C=O) groups excluding carboxylic acids is 2. The van der Waals surface area contributed by atoms with Gasteiger partial charge in [-0.05, 0) is 27.7 Å². The Morgan fingerprint density at radius 3 is 2.14 bits per heavy atom. The fraction of sp³-hybridized carbons (Fsp3) is 0.700. The first kappa shape index (κ1) is 12.8. The van der Waals surface area contributed by atoms with E-state index in [2.05, 4.69) is 4.99 Å². The lowest BCUT2D eigenvalue weighted by atomic mass is 10.2. The Kier molecular flexibility index (Phi) is 4.47. The van der Waals surface area contributed by atoms with Gasteiger partial charge in [0.25, 0.3) is 0 Å². The van der Waals surface area contributed by atoms with Crippen molar-refractivity contribution in [2.75, 3.05) is 0 Å². The number of nitrogens with zero attached hydrogens (tertiary/aromatic N) is 1. The molecule has 0 atom stereocenters. The fourth-order valence-corrected chi connectivity index (χ4v) is 0.740. The summed E-state index contributed by atoms with van der Waals surface area (Å²) in [6.07, 6.45) is -0.366. The van der Waals surface area contributed by atoms with Crippen LogP contribution in [0.2, 0.25) is 0 Å². The summed E-state index contributed by atoms with van der Waals surface area (Å²) in [4.78, 5) is 25.7. The van der Waals surface area contributed by atoms with Crippen molar-refractivity contribution in [1.82, 2.24) is 0 Å². The first-order chi connectivity index (χ1) is 6.26. The van der Waals surface area contributed by atoms with Crippen LogP contribution in [0, 0.1) is 0 Å². The lowest BCUT2D eigenvalue weighted by Crippen LogP contribution is -2.23. The molecule has 0 heterocycles.